The van der Waals surface area contributed by atoms with Gasteiger partial charge in [0.1, 0.15) is 5.60 Å². The summed E-state index contributed by atoms with van der Waals surface area (Å²) < 4.78 is 48.8. The Kier molecular flexibility index (Phi) is 5.36. The van der Waals surface area contributed by atoms with E-state index >= 15 is 0 Å². The van der Waals surface area contributed by atoms with Crippen LogP contribution in [0, 0.1) is 0 Å². The summed E-state index contributed by atoms with van der Waals surface area (Å²) in [5, 5.41) is 14.5. The molecule has 0 bridgehead atoms. The molecule has 2 rings (SSSR count). The molecule has 2 aromatic rings. The number of hydrogen-bond donors (Lipinski definition) is 2. The fraction of sp³-hybridized carbons (Fsp3) is 0.267. The molecule has 0 spiro atoms. The van der Waals surface area contributed by atoms with Crippen LogP contribution in [0.3, 0.4) is 0 Å². The normalized spacial score (nSPS) is 14.4. The predicted octanol–water partition coefficient (Wildman–Crippen LogP) is 2.38. The summed E-state index contributed by atoms with van der Waals surface area (Å²) in [6, 6.07) is 8.15. The number of aliphatic hydroxyl groups is 1. The van der Waals surface area contributed by atoms with Crippen LogP contribution in [0.1, 0.15) is 22.2 Å². The molecule has 0 aliphatic heterocycles. The zero-order chi connectivity index (χ0) is 18.0. The third kappa shape index (κ3) is 3.80. The molecule has 1 heterocycles. The van der Waals surface area contributed by atoms with E-state index in [0.717, 1.165) is 12.1 Å². The fourth-order valence-corrected chi connectivity index (χ4v) is 3.73. The lowest BCUT2D eigenvalue weighted by atomic mass is 10.1. The minimum atomic E-state index is -4.90. The van der Waals surface area contributed by atoms with Crippen molar-refractivity contribution in [2.24, 2.45) is 0 Å². The van der Waals surface area contributed by atoms with Crippen LogP contribution in [0.4, 0.5) is 8.78 Å². The molecular formula is C15H15F2NO4S2. The second kappa shape index (κ2) is 6.96. The third-order valence-corrected chi connectivity index (χ3v) is 5.88. The van der Waals surface area contributed by atoms with Gasteiger partial charge in [0.25, 0.3) is 5.91 Å². The fourth-order valence-electron chi connectivity index (χ4n) is 2.02. The number of alkyl halides is 2. The third-order valence-electron chi connectivity index (χ3n) is 3.32. The summed E-state index contributed by atoms with van der Waals surface area (Å²) in [6.45, 7) is 1.29. The van der Waals surface area contributed by atoms with Gasteiger partial charge in [-0.1, -0.05) is 18.2 Å². The first-order chi connectivity index (χ1) is 11.2. The van der Waals surface area contributed by atoms with Gasteiger partial charge in [-0.2, -0.15) is 8.78 Å². The molecule has 0 radical (unpaired) electrons. The van der Waals surface area contributed by atoms with Gasteiger partial charge in [0.2, 0.25) is 9.84 Å². The number of hydrogen-bond acceptors (Lipinski definition) is 5. The Labute approximate surface area is 141 Å². The Morgan fingerprint density at radius 3 is 2.54 bits per heavy atom. The maximum Gasteiger partial charge on any atom is 0.341 e. The lowest BCUT2D eigenvalue weighted by Gasteiger charge is -2.22. The molecule has 0 saturated heterocycles. The number of nitrogens with one attached hydrogen (secondary N) is 1. The summed E-state index contributed by atoms with van der Waals surface area (Å²) in [5.74, 6) is -4.48. The minimum absolute atomic E-state index is 0.199. The van der Waals surface area contributed by atoms with Gasteiger partial charge in [-0.05, 0) is 30.5 Å². The molecule has 2 N–H and O–H groups in total. The van der Waals surface area contributed by atoms with E-state index in [9.17, 15) is 27.1 Å². The van der Waals surface area contributed by atoms with Gasteiger partial charge in [0.15, 0.2) is 0 Å². The molecule has 9 heteroatoms. The molecule has 24 heavy (non-hydrogen) atoms. The molecule has 0 aliphatic rings. The average Bonchev–Trinajstić information content (AvgIpc) is 3.08. The predicted molar refractivity (Wildman–Crippen MR) is 85.9 cm³/mol. The van der Waals surface area contributed by atoms with Gasteiger partial charge in [0.05, 0.1) is 17.0 Å². The van der Waals surface area contributed by atoms with E-state index in [-0.39, 0.29) is 12.1 Å². The number of carbonyl (C=O) groups excluding carboxylic acids is 1. The summed E-state index contributed by atoms with van der Waals surface area (Å²) >= 11 is 1.29. The van der Waals surface area contributed by atoms with Crippen molar-refractivity contribution in [2.45, 2.75) is 23.2 Å². The molecule has 1 amide bonds. The van der Waals surface area contributed by atoms with Crippen LogP contribution in [0.5, 0.6) is 0 Å². The lowest BCUT2D eigenvalue weighted by molar-refractivity contribution is 0.0555. The summed E-state index contributed by atoms with van der Waals surface area (Å²) in [4.78, 5) is 12.1. The monoisotopic (exact) mass is 375 g/mol. The number of halogens is 2. The van der Waals surface area contributed by atoms with Crippen LogP contribution >= 0.6 is 11.3 Å². The quantitative estimate of drug-likeness (QED) is 0.812. The summed E-state index contributed by atoms with van der Waals surface area (Å²) in [6.07, 6.45) is 0. The van der Waals surface area contributed by atoms with Crippen molar-refractivity contribution in [3.8, 4) is 0 Å². The Hall–Kier alpha value is -1.84. The minimum Gasteiger partial charge on any atom is -0.383 e. The summed E-state index contributed by atoms with van der Waals surface area (Å²) in [5.41, 5.74) is -1.75. The van der Waals surface area contributed by atoms with Crippen LogP contribution in [0.2, 0.25) is 0 Å². The van der Waals surface area contributed by atoms with E-state index in [1.54, 1.807) is 17.5 Å². The van der Waals surface area contributed by atoms with E-state index in [1.165, 1.54) is 30.4 Å². The van der Waals surface area contributed by atoms with Crippen molar-refractivity contribution < 1.29 is 27.1 Å². The average molecular weight is 375 g/mol. The Bertz CT molecular complexity index is 818. The second-order valence-corrected chi connectivity index (χ2v) is 8.07. The van der Waals surface area contributed by atoms with Crippen LogP contribution in [-0.4, -0.2) is 31.7 Å². The molecule has 0 aliphatic carbocycles. The summed E-state index contributed by atoms with van der Waals surface area (Å²) in [7, 11) is -4.90. The molecule has 0 unspecified atom stereocenters. The van der Waals surface area contributed by atoms with Crippen molar-refractivity contribution in [3.63, 3.8) is 0 Å². The standard InChI is InChI=1S/C15H15F2NO4S2/c1-15(20,12-7-4-8-23-12)9-18-13(19)10-5-2-3-6-11(10)24(21,22)14(16)17/h2-8,14,20H,9H2,1H3,(H,18,19)/t15-/m0/s1. The molecule has 0 fully saturated rings. The highest BCUT2D eigenvalue weighted by Gasteiger charge is 2.31. The Balaban J connectivity index is 2.23. The maximum absolute atomic E-state index is 12.7. The van der Waals surface area contributed by atoms with Gasteiger partial charge < -0.3 is 10.4 Å². The highest BCUT2D eigenvalue weighted by molar-refractivity contribution is 7.91. The van der Waals surface area contributed by atoms with Crippen LogP contribution < -0.4 is 5.32 Å². The van der Waals surface area contributed by atoms with Gasteiger partial charge >= 0.3 is 5.76 Å². The van der Waals surface area contributed by atoms with E-state index in [4.69, 9.17) is 0 Å². The van der Waals surface area contributed by atoms with Crippen molar-refractivity contribution >= 4 is 27.1 Å². The first-order valence-corrected chi connectivity index (χ1v) is 9.24. The zero-order valence-electron chi connectivity index (χ0n) is 12.6. The molecule has 0 saturated carbocycles. The largest absolute Gasteiger partial charge is 0.383 e. The number of rotatable bonds is 6. The molecular weight excluding hydrogens is 360 g/mol. The molecule has 1 aromatic heterocycles. The molecule has 1 aromatic carbocycles. The topological polar surface area (TPSA) is 83.5 Å². The highest BCUT2D eigenvalue weighted by atomic mass is 32.2. The second-order valence-electron chi connectivity index (χ2n) is 5.24. The van der Waals surface area contributed by atoms with Crippen LogP contribution in [-0.2, 0) is 15.4 Å². The number of sulfone groups is 1. The van der Waals surface area contributed by atoms with Gasteiger partial charge in [0, 0.05) is 4.88 Å². The molecule has 130 valence electrons. The van der Waals surface area contributed by atoms with Gasteiger partial charge in [-0.25, -0.2) is 8.42 Å². The Morgan fingerprint density at radius 1 is 1.29 bits per heavy atom. The molecule has 1 atom stereocenters. The smallest absolute Gasteiger partial charge is 0.341 e. The van der Waals surface area contributed by atoms with E-state index in [1.807, 2.05) is 0 Å². The SMILES string of the molecule is C[C@](O)(CNC(=O)c1ccccc1S(=O)(=O)C(F)F)c1cccs1. The highest BCUT2D eigenvalue weighted by Crippen LogP contribution is 2.25. The first kappa shape index (κ1) is 18.5. The Morgan fingerprint density at radius 2 is 1.96 bits per heavy atom. The van der Waals surface area contributed by atoms with Gasteiger partial charge in [-0.3, -0.25) is 4.79 Å². The first-order valence-electron chi connectivity index (χ1n) is 6.82. The van der Waals surface area contributed by atoms with E-state index in [0.29, 0.717) is 4.88 Å². The molecule has 5 nitrogen and oxygen atoms in total. The van der Waals surface area contributed by atoms with Crippen molar-refractivity contribution in [2.75, 3.05) is 6.54 Å². The van der Waals surface area contributed by atoms with E-state index < -0.39 is 32.0 Å². The van der Waals surface area contributed by atoms with Gasteiger partial charge in [-0.15, -0.1) is 11.3 Å². The number of amides is 1. The number of benzene rings is 1. The number of thiophene rings is 1. The van der Waals surface area contributed by atoms with Crippen molar-refractivity contribution in [1.82, 2.24) is 5.32 Å². The maximum atomic E-state index is 12.7. The van der Waals surface area contributed by atoms with Crippen molar-refractivity contribution in [3.05, 3.63) is 52.2 Å². The van der Waals surface area contributed by atoms with Crippen LogP contribution in [0.15, 0.2) is 46.7 Å². The van der Waals surface area contributed by atoms with E-state index in [2.05, 4.69) is 5.32 Å². The lowest BCUT2D eigenvalue weighted by Crippen LogP contribution is -2.38. The van der Waals surface area contributed by atoms with Crippen LogP contribution in [0.25, 0.3) is 0 Å². The number of carbonyl (C=O) groups is 1. The zero-order valence-corrected chi connectivity index (χ0v) is 14.2. The van der Waals surface area contributed by atoms with Crippen molar-refractivity contribution in [1.29, 1.82) is 0 Å².